The van der Waals surface area contributed by atoms with Crippen molar-refractivity contribution < 1.29 is 9.47 Å². The molecule has 0 aromatic heterocycles. The lowest BCUT2D eigenvalue weighted by molar-refractivity contribution is -0.0508. The zero-order valence-electron chi connectivity index (χ0n) is 8.66. The molecule has 1 fully saturated rings. The van der Waals surface area contributed by atoms with Crippen LogP contribution in [0.1, 0.15) is 5.56 Å². The molecule has 0 bridgehead atoms. The number of ether oxygens (including phenoxy) is 2. The van der Waals surface area contributed by atoms with Crippen molar-refractivity contribution in [1.82, 2.24) is 0 Å². The lowest BCUT2D eigenvalue weighted by Crippen LogP contribution is -2.32. The Hall–Kier alpha value is -1.22. The van der Waals surface area contributed by atoms with Gasteiger partial charge in [0.1, 0.15) is 5.75 Å². The summed E-state index contributed by atoms with van der Waals surface area (Å²) >= 11 is 0. The van der Waals surface area contributed by atoms with Crippen LogP contribution in [0.25, 0.3) is 0 Å². The molecule has 1 N–H and O–H groups in total. The normalized spacial score (nSPS) is 19.2. The third-order valence-electron chi connectivity index (χ3n) is 2.98. The molecule has 0 atom stereocenters. The van der Waals surface area contributed by atoms with Gasteiger partial charge in [0.15, 0.2) is 0 Å². The van der Waals surface area contributed by atoms with Crippen LogP contribution >= 0.6 is 0 Å². The van der Waals surface area contributed by atoms with E-state index in [9.17, 15) is 0 Å². The van der Waals surface area contributed by atoms with E-state index in [1.165, 1.54) is 11.3 Å². The predicted molar refractivity (Wildman–Crippen MR) is 58.4 cm³/mol. The van der Waals surface area contributed by atoms with Crippen LogP contribution in [0.2, 0.25) is 0 Å². The number of nitrogens with one attached hydrogen (secondary N) is 1. The zero-order chi connectivity index (χ0) is 10.1. The van der Waals surface area contributed by atoms with Crippen LogP contribution in [0.3, 0.4) is 0 Å². The van der Waals surface area contributed by atoms with E-state index in [2.05, 4.69) is 17.4 Å². The molecule has 15 heavy (non-hydrogen) atoms. The second-order valence-corrected chi connectivity index (χ2v) is 4.21. The Morgan fingerprint density at radius 1 is 1.40 bits per heavy atom. The summed E-state index contributed by atoms with van der Waals surface area (Å²) in [6.07, 6.45) is 1.11. The molecule has 1 aromatic rings. The van der Waals surface area contributed by atoms with Crippen molar-refractivity contribution in [2.45, 2.75) is 6.42 Å². The summed E-state index contributed by atoms with van der Waals surface area (Å²) in [5.41, 5.74) is 2.63. The van der Waals surface area contributed by atoms with Crippen LogP contribution in [0.5, 0.6) is 5.75 Å². The lowest BCUT2D eigenvalue weighted by Gasteiger charge is -2.25. The van der Waals surface area contributed by atoms with Crippen LogP contribution in [-0.2, 0) is 11.2 Å². The largest absolute Gasteiger partial charge is 0.493 e. The fraction of sp³-hybridized carbons (Fsp3) is 0.500. The van der Waals surface area contributed by atoms with Crippen molar-refractivity contribution in [3.8, 4) is 5.75 Å². The van der Waals surface area contributed by atoms with Gasteiger partial charge in [0.05, 0.1) is 19.8 Å². The summed E-state index contributed by atoms with van der Waals surface area (Å²) in [5, 5.41) is 3.34. The summed E-state index contributed by atoms with van der Waals surface area (Å²) in [5.74, 6) is 1.58. The molecule has 1 saturated heterocycles. The summed E-state index contributed by atoms with van der Waals surface area (Å²) in [6, 6.07) is 6.29. The summed E-state index contributed by atoms with van der Waals surface area (Å²) in [7, 11) is 0. The first-order valence-electron chi connectivity index (χ1n) is 5.49. The van der Waals surface area contributed by atoms with E-state index < -0.39 is 0 Å². The van der Waals surface area contributed by atoms with Crippen molar-refractivity contribution in [3.05, 3.63) is 23.8 Å². The van der Waals surface area contributed by atoms with Crippen LogP contribution in [-0.4, -0.2) is 26.4 Å². The van der Waals surface area contributed by atoms with Gasteiger partial charge in [0, 0.05) is 18.2 Å². The van der Waals surface area contributed by atoms with Gasteiger partial charge in [-0.25, -0.2) is 0 Å². The Morgan fingerprint density at radius 3 is 3.13 bits per heavy atom. The maximum absolute atomic E-state index is 5.73. The highest BCUT2D eigenvalue weighted by molar-refractivity contribution is 5.57. The Balaban J connectivity index is 1.64. The second-order valence-electron chi connectivity index (χ2n) is 4.21. The zero-order valence-corrected chi connectivity index (χ0v) is 8.66. The van der Waals surface area contributed by atoms with E-state index in [-0.39, 0.29) is 0 Å². The first-order valence-corrected chi connectivity index (χ1v) is 5.49. The fourth-order valence-electron chi connectivity index (χ4n) is 1.97. The summed E-state index contributed by atoms with van der Waals surface area (Å²) in [6.45, 7) is 3.54. The summed E-state index contributed by atoms with van der Waals surface area (Å²) in [4.78, 5) is 0. The quantitative estimate of drug-likeness (QED) is 0.814. The van der Waals surface area contributed by atoms with Crippen molar-refractivity contribution in [3.63, 3.8) is 0 Å². The molecule has 3 heteroatoms. The average Bonchev–Trinajstić information content (AvgIpc) is 2.62. The van der Waals surface area contributed by atoms with Gasteiger partial charge in [-0.05, 0) is 30.2 Å². The fourth-order valence-corrected chi connectivity index (χ4v) is 1.97. The molecule has 0 radical (unpaired) electrons. The molecule has 0 saturated carbocycles. The van der Waals surface area contributed by atoms with E-state index in [1.54, 1.807) is 0 Å². The van der Waals surface area contributed by atoms with E-state index in [0.29, 0.717) is 5.92 Å². The predicted octanol–water partition coefficient (Wildman–Crippen LogP) is 1.68. The van der Waals surface area contributed by atoms with E-state index >= 15 is 0 Å². The van der Waals surface area contributed by atoms with Crippen molar-refractivity contribution in [1.29, 1.82) is 0 Å². The Bertz CT molecular complexity index is 361. The Morgan fingerprint density at radius 2 is 2.33 bits per heavy atom. The highest BCUT2D eigenvalue weighted by Gasteiger charge is 2.19. The monoisotopic (exact) mass is 205 g/mol. The van der Waals surface area contributed by atoms with Crippen molar-refractivity contribution >= 4 is 5.69 Å². The number of rotatable bonds is 3. The van der Waals surface area contributed by atoms with Gasteiger partial charge in [-0.15, -0.1) is 0 Å². The number of hydrogen-bond donors (Lipinski definition) is 1. The first kappa shape index (κ1) is 9.04. The van der Waals surface area contributed by atoms with Gasteiger partial charge in [-0.2, -0.15) is 0 Å². The van der Waals surface area contributed by atoms with Crippen LogP contribution in [0, 0.1) is 5.92 Å². The molecule has 2 aliphatic heterocycles. The van der Waals surface area contributed by atoms with Gasteiger partial charge < -0.3 is 14.8 Å². The third kappa shape index (κ3) is 1.79. The maximum Gasteiger partial charge on any atom is 0.119 e. The number of anilines is 1. The molecule has 0 aliphatic carbocycles. The average molecular weight is 205 g/mol. The first-order chi connectivity index (χ1) is 7.42. The Kier molecular flexibility index (Phi) is 2.25. The highest BCUT2D eigenvalue weighted by Crippen LogP contribution is 2.26. The minimum Gasteiger partial charge on any atom is -0.493 e. The van der Waals surface area contributed by atoms with Crippen molar-refractivity contribution in [2.24, 2.45) is 5.92 Å². The molecule has 80 valence electrons. The van der Waals surface area contributed by atoms with Crippen LogP contribution in [0.4, 0.5) is 5.69 Å². The van der Waals surface area contributed by atoms with Crippen LogP contribution in [0.15, 0.2) is 18.2 Å². The maximum atomic E-state index is 5.73. The van der Waals surface area contributed by atoms with E-state index in [0.717, 1.165) is 38.5 Å². The van der Waals surface area contributed by atoms with Gasteiger partial charge in [0.2, 0.25) is 0 Å². The molecule has 0 amide bonds. The number of fused-ring (bicyclic) bond motifs is 1. The molecule has 1 aromatic carbocycles. The standard InChI is InChI=1S/C12H15NO2/c1-2-12-10(3-4-13-12)5-11(1)15-8-9-6-14-7-9/h1-2,5,9,13H,3-4,6-8H2. The van der Waals surface area contributed by atoms with Crippen molar-refractivity contribution in [2.75, 3.05) is 31.7 Å². The SMILES string of the molecule is c1cc2c(cc1OCC1COC1)CCN2. The number of benzene rings is 1. The molecule has 0 spiro atoms. The van der Waals surface area contributed by atoms with Gasteiger partial charge in [0.25, 0.3) is 0 Å². The molecular formula is C12H15NO2. The molecule has 2 heterocycles. The molecular weight excluding hydrogens is 190 g/mol. The number of hydrogen-bond acceptors (Lipinski definition) is 3. The molecule has 0 unspecified atom stereocenters. The van der Waals surface area contributed by atoms with E-state index in [4.69, 9.17) is 9.47 Å². The van der Waals surface area contributed by atoms with Gasteiger partial charge in [-0.1, -0.05) is 0 Å². The molecule has 2 aliphatic rings. The lowest BCUT2D eigenvalue weighted by atomic mass is 10.1. The second kappa shape index (κ2) is 3.74. The smallest absolute Gasteiger partial charge is 0.119 e. The highest BCUT2D eigenvalue weighted by atomic mass is 16.5. The third-order valence-corrected chi connectivity index (χ3v) is 2.98. The summed E-state index contributed by atoms with van der Waals surface area (Å²) < 4.78 is 10.8. The minimum atomic E-state index is 0.594. The van der Waals surface area contributed by atoms with Gasteiger partial charge >= 0.3 is 0 Å². The van der Waals surface area contributed by atoms with Crippen LogP contribution < -0.4 is 10.1 Å². The molecule has 3 rings (SSSR count). The minimum absolute atomic E-state index is 0.594. The van der Waals surface area contributed by atoms with Gasteiger partial charge in [-0.3, -0.25) is 0 Å². The topological polar surface area (TPSA) is 30.5 Å². The Labute approximate surface area is 89.4 Å². The van der Waals surface area contributed by atoms with E-state index in [1.807, 2.05) is 6.07 Å². The molecule has 3 nitrogen and oxygen atoms in total.